The van der Waals surface area contributed by atoms with Crippen LogP contribution in [0.5, 0.6) is 0 Å². The topological polar surface area (TPSA) is 55.1 Å². The predicted octanol–water partition coefficient (Wildman–Crippen LogP) is 0.980. The van der Waals surface area contributed by atoms with Crippen LogP contribution in [0, 0.1) is 0 Å². The average Bonchev–Trinajstić information content (AvgIpc) is 2.38. The number of nitrogens with one attached hydrogen (secondary N) is 1. The normalized spacial score (nSPS) is 14.1. The van der Waals surface area contributed by atoms with Crippen LogP contribution in [0.2, 0.25) is 0 Å². The number of nitrogens with two attached hydrogens (primary N) is 1. The SMILES string of the molecule is NC(CF)C(F)C(=O)NCCc1ccccc1. The van der Waals surface area contributed by atoms with Crippen molar-refractivity contribution in [1.82, 2.24) is 5.32 Å². The zero-order chi connectivity index (χ0) is 12.7. The highest BCUT2D eigenvalue weighted by Gasteiger charge is 2.24. The molecule has 3 N–H and O–H groups in total. The molecule has 0 saturated carbocycles. The van der Waals surface area contributed by atoms with Crippen molar-refractivity contribution in [2.75, 3.05) is 13.2 Å². The number of halogens is 2. The molecule has 3 nitrogen and oxygen atoms in total. The first-order valence-corrected chi connectivity index (χ1v) is 5.42. The lowest BCUT2D eigenvalue weighted by Crippen LogP contribution is -2.45. The maximum atomic E-state index is 13.1. The number of amides is 1. The minimum Gasteiger partial charge on any atom is -0.353 e. The number of hydrogen-bond acceptors (Lipinski definition) is 2. The van der Waals surface area contributed by atoms with E-state index in [1.54, 1.807) is 0 Å². The van der Waals surface area contributed by atoms with E-state index >= 15 is 0 Å². The van der Waals surface area contributed by atoms with E-state index in [4.69, 9.17) is 5.73 Å². The third kappa shape index (κ3) is 4.48. The molecule has 5 heteroatoms. The molecule has 17 heavy (non-hydrogen) atoms. The van der Waals surface area contributed by atoms with Crippen LogP contribution in [0.4, 0.5) is 8.78 Å². The van der Waals surface area contributed by atoms with Crippen LogP contribution in [0.15, 0.2) is 30.3 Å². The first kappa shape index (κ1) is 13.6. The van der Waals surface area contributed by atoms with Crippen molar-refractivity contribution in [3.63, 3.8) is 0 Å². The van der Waals surface area contributed by atoms with Gasteiger partial charge in [-0.25, -0.2) is 8.78 Å². The van der Waals surface area contributed by atoms with Gasteiger partial charge in [0.15, 0.2) is 6.17 Å². The van der Waals surface area contributed by atoms with Crippen molar-refractivity contribution in [2.45, 2.75) is 18.6 Å². The fourth-order valence-corrected chi connectivity index (χ4v) is 1.34. The van der Waals surface area contributed by atoms with Gasteiger partial charge < -0.3 is 11.1 Å². The van der Waals surface area contributed by atoms with E-state index in [9.17, 15) is 13.6 Å². The molecule has 2 atom stereocenters. The lowest BCUT2D eigenvalue weighted by molar-refractivity contribution is -0.126. The van der Waals surface area contributed by atoms with Gasteiger partial charge in [0.05, 0.1) is 6.04 Å². The molecule has 2 unspecified atom stereocenters. The molecule has 0 aliphatic carbocycles. The summed E-state index contributed by atoms with van der Waals surface area (Å²) >= 11 is 0. The maximum absolute atomic E-state index is 13.1. The van der Waals surface area contributed by atoms with Gasteiger partial charge in [-0.15, -0.1) is 0 Å². The Bertz CT molecular complexity index is 346. The lowest BCUT2D eigenvalue weighted by Gasteiger charge is -2.13. The molecule has 1 aromatic carbocycles. The Morgan fingerprint density at radius 1 is 1.35 bits per heavy atom. The lowest BCUT2D eigenvalue weighted by atomic mass is 10.1. The molecule has 1 aromatic rings. The zero-order valence-corrected chi connectivity index (χ0v) is 9.40. The second-order valence-corrected chi connectivity index (χ2v) is 3.75. The van der Waals surface area contributed by atoms with E-state index in [1.807, 2.05) is 30.3 Å². The van der Waals surface area contributed by atoms with Gasteiger partial charge in [-0.2, -0.15) is 0 Å². The van der Waals surface area contributed by atoms with Crippen molar-refractivity contribution in [2.24, 2.45) is 5.73 Å². The van der Waals surface area contributed by atoms with E-state index in [-0.39, 0.29) is 0 Å². The van der Waals surface area contributed by atoms with Gasteiger partial charge in [-0.05, 0) is 12.0 Å². The number of carbonyl (C=O) groups excluding carboxylic acids is 1. The minimum absolute atomic E-state index is 0.308. The third-order valence-electron chi connectivity index (χ3n) is 2.36. The van der Waals surface area contributed by atoms with Crippen LogP contribution in [-0.4, -0.2) is 31.3 Å². The summed E-state index contributed by atoms with van der Waals surface area (Å²) < 4.78 is 25.2. The van der Waals surface area contributed by atoms with Crippen molar-refractivity contribution < 1.29 is 13.6 Å². The van der Waals surface area contributed by atoms with Crippen molar-refractivity contribution in [3.05, 3.63) is 35.9 Å². The van der Waals surface area contributed by atoms with Gasteiger partial charge in [0.1, 0.15) is 6.67 Å². The summed E-state index contributed by atoms with van der Waals surface area (Å²) in [6, 6.07) is 8.09. The number of hydrogen-bond donors (Lipinski definition) is 2. The van der Waals surface area contributed by atoms with Crippen molar-refractivity contribution in [1.29, 1.82) is 0 Å². The Kier molecular flexibility index (Phi) is 5.56. The molecule has 0 spiro atoms. The van der Waals surface area contributed by atoms with Crippen molar-refractivity contribution in [3.8, 4) is 0 Å². The molecule has 0 bridgehead atoms. The number of carbonyl (C=O) groups is 1. The van der Waals surface area contributed by atoms with Gasteiger partial charge in [-0.1, -0.05) is 30.3 Å². The second kappa shape index (κ2) is 6.96. The standard InChI is InChI=1S/C12H16F2N2O/c13-8-10(15)11(14)12(17)16-7-6-9-4-2-1-3-5-9/h1-5,10-11H,6-8,15H2,(H,16,17). The Morgan fingerprint density at radius 2 is 2.00 bits per heavy atom. The fraction of sp³-hybridized carbons (Fsp3) is 0.417. The molecule has 0 radical (unpaired) electrons. The number of alkyl halides is 2. The quantitative estimate of drug-likeness (QED) is 0.781. The summed E-state index contributed by atoms with van der Waals surface area (Å²) in [4.78, 5) is 11.2. The van der Waals surface area contributed by atoms with Gasteiger partial charge in [-0.3, -0.25) is 4.79 Å². The largest absolute Gasteiger partial charge is 0.353 e. The third-order valence-corrected chi connectivity index (χ3v) is 2.36. The highest BCUT2D eigenvalue weighted by molar-refractivity contribution is 5.81. The summed E-state index contributed by atoms with van der Waals surface area (Å²) in [5.41, 5.74) is 6.13. The minimum atomic E-state index is -1.99. The highest BCUT2D eigenvalue weighted by Crippen LogP contribution is 2.00. The fourth-order valence-electron chi connectivity index (χ4n) is 1.34. The van der Waals surface area contributed by atoms with Gasteiger partial charge in [0.25, 0.3) is 5.91 Å². The van der Waals surface area contributed by atoms with E-state index < -0.39 is 24.8 Å². The van der Waals surface area contributed by atoms with Crippen LogP contribution in [0.1, 0.15) is 5.56 Å². The summed E-state index contributed by atoms with van der Waals surface area (Å²) in [6.07, 6.45) is -1.39. The molecule has 94 valence electrons. The Hall–Kier alpha value is -1.49. The first-order valence-electron chi connectivity index (χ1n) is 5.42. The molecule has 0 saturated heterocycles. The molecule has 0 heterocycles. The molecule has 0 fully saturated rings. The average molecular weight is 242 g/mol. The predicted molar refractivity (Wildman–Crippen MR) is 62.0 cm³/mol. The molecule has 0 aromatic heterocycles. The smallest absolute Gasteiger partial charge is 0.256 e. The maximum Gasteiger partial charge on any atom is 0.256 e. The molecule has 0 aliphatic rings. The summed E-state index contributed by atoms with van der Waals surface area (Å²) in [7, 11) is 0. The number of rotatable bonds is 6. The first-order chi connectivity index (χ1) is 8.15. The molecule has 0 aliphatic heterocycles. The van der Waals surface area contributed by atoms with E-state index in [0.717, 1.165) is 5.56 Å². The van der Waals surface area contributed by atoms with Crippen LogP contribution >= 0.6 is 0 Å². The zero-order valence-electron chi connectivity index (χ0n) is 9.40. The Balaban J connectivity index is 2.29. The van der Waals surface area contributed by atoms with Crippen molar-refractivity contribution >= 4 is 5.91 Å². The van der Waals surface area contributed by atoms with Crippen LogP contribution < -0.4 is 11.1 Å². The van der Waals surface area contributed by atoms with Gasteiger partial charge >= 0.3 is 0 Å². The highest BCUT2D eigenvalue weighted by atomic mass is 19.1. The molecular formula is C12H16F2N2O. The van der Waals surface area contributed by atoms with E-state index in [0.29, 0.717) is 13.0 Å². The van der Waals surface area contributed by atoms with Crippen LogP contribution in [-0.2, 0) is 11.2 Å². The van der Waals surface area contributed by atoms with Crippen LogP contribution in [0.3, 0.4) is 0 Å². The van der Waals surface area contributed by atoms with Crippen LogP contribution in [0.25, 0.3) is 0 Å². The monoisotopic (exact) mass is 242 g/mol. The summed E-state index contributed by atoms with van der Waals surface area (Å²) in [5.74, 6) is -0.855. The van der Waals surface area contributed by atoms with E-state index in [2.05, 4.69) is 5.32 Å². The summed E-state index contributed by atoms with van der Waals surface area (Å²) in [6.45, 7) is -0.741. The molecule has 1 rings (SSSR count). The van der Waals surface area contributed by atoms with Gasteiger partial charge in [0, 0.05) is 6.54 Å². The summed E-state index contributed by atoms with van der Waals surface area (Å²) in [5, 5.41) is 2.39. The molecule has 1 amide bonds. The van der Waals surface area contributed by atoms with Gasteiger partial charge in [0.2, 0.25) is 0 Å². The van der Waals surface area contributed by atoms with E-state index in [1.165, 1.54) is 0 Å². The molecular weight excluding hydrogens is 226 g/mol. The second-order valence-electron chi connectivity index (χ2n) is 3.75. The Morgan fingerprint density at radius 3 is 2.59 bits per heavy atom. The number of benzene rings is 1. The Labute approximate surface area is 99.0 Å².